The summed E-state index contributed by atoms with van der Waals surface area (Å²) in [5.41, 5.74) is 6.82. The highest BCUT2D eigenvalue weighted by Gasteiger charge is 2.27. The third-order valence-electron chi connectivity index (χ3n) is 5.66. The Balaban J connectivity index is 1.65. The number of carbonyl (C=O) groups excluding carboxylic acids is 1. The van der Waals surface area contributed by atoms with E-state index in [9.17, 15) is 4.79 Å². The minimum atomic E-state index is -0.0321. The van der Waals surface area contributed by atoms with Gasteiger partial charge < -0.3 is 20.1 Å². The van der Waals surface area contributed by atoms with Crippen molar-refractivity contribution >= 4 is 28.5 Å². The molecule has 5 rings (SSSR count). The maximum atomic E-state index is 11.9. The van der Waals surface area contributed by atoms with Gasteiger partial charge >= 0.3 is 6.03 Å². The second-order valence-corrected chi connectivity index (χ2v) is 7.27. The number of urea groups is 1. The van der Waals surface area contributed by atoms with E-state index in [1.54, 1.807) is 7.05 Å². The van der Waals surface area contributed by atoms with Crippen LogP contribution in [0.2, 0.25) is 0 Å². The highest BCUT2D eigenvalue weighted by atomic mass is 16.2. The Kier molecular flexibility index (Phi) is 3.82. The van der Waals surface area contributed by atoms with Gasteiger partial charge in [-0.2, -0.15) is 0 Å². The molecule has 0 saturated heterocycles. The molecule has 28 heavy (non-hydrogen) atoms. The van der Waals surface area contributed by atoms with Gasteiger partial charge in [0.2, 0.25) is 0 Å². The first-order chi connectivity index (χ1) is 13.7. The quantitative estimate of drug-likeness (QED) is 0.686. The van der Waals surface area contributed by atoms with Gasteiger partial charge in [-0.05, 0) is 35.8 Å². The van der Waals surface area contributed by atoms with Gasteiger partial charge in [-0.25, -0.2) is 14.8 Å². The third kappa shape index (κ3) is 2.46. The normalized spacial score (nSPS) is 15.9. The lowest BCUT2D eigenvalue weighted by molar-refractivity contribution is 0.205. The molecule has 0 bridgehead atoms. The van der Waals surface area contributed by atoms with Crippen molar-refractivity contribution in [2.24, 2.45) is 0 Å². The number of aromatic amines is 1. The molecule has 3 aromatic rings. The Bertz CT molecular complexity index is 1120. The van der Waals surface area contributed by atoms with Crippen molar-refractivity contribution in [3.05, 3.63) is 47.9 Å². The first kappa shape index (κ1) is 16.8. The third-order valence-corrected chi connectivity index (χ3v) is 5.66. The molecule has 5 heterocycles. The molecule has 0 aliphatic carbocycles. The zero-order valence-electron chi connectivity index (χ0n) is 16.0. The topological polar surface area (TPSA) is 77.2 Å². The van der Waals surface area contributed by atoms with Crippen LogP contribution >= 0.6 is 0 Å². The second-order valence-electron chi connectivity index (χ2n) is 7.27. The summed E-state index contributed by atoms with van der Waals surface area (Å²) in [7, 11) is 3.75. The SMILES string of the molecule is CNC(=O)N1CC=C(c2[nH]c3nccc4c3c2CN(C)c2ncccc2-4)CC1. The minimum absolute atomic E-state index is 0.0321. The van der Waals surface area contributed by atoms with Gasteiger partial charge in [-0.1, -0.05) is 6.08 Å². The number of pyridine rings is 2. The number of nitrogens with zero attached hydrogens (tertiary/aromatic N) is 4. The zero-order chi connectivity index (χ0) is 19.3. The summed E-state index contributed by atoms with van der Waals surface area (Å²) in [6.45, 7) is 2.08. The van der Waals surface area contributed by atoms with Crippen molar-refractivity contribution in [3.8, 4) is 11.1 Å². The van der Waals surface area contributed by atoms with Crippen LogP contribution < -0.4 is 10.2 Å². The largest absolute Gasteiger partial charge is 0.355 e. The van der Waals surface area contributed by atoms with Gasteiger partial charge in [0.05, 0.1) is 0 Å². The lowest BCUT2D eigenvalue weighted by Crippen LogP contribution is -2.40. The standard InChI is InChI=1S/C21H22N6O/c1-22-21(28)27-10-6-13(7-11-27)18-16-12-26(2)20-15(4-3-8-24-20)14-5-9-23-19(25-18)17(14)16/h3-6,8-9H,7,10-12H2,1-2H3,(H,22,28)(H,23,25). The molecule has 142 valence electrons. The zero-order valence-corrected chi connectivity index (χ0v) is 16.0. The molecule has 0 unspecified atom stereocenters. The maximum Gasteiger partial charge on any atom is 0.317 e. The van der Waals surface area contributed by atoms with Gasteiger partial charge in [0.25, 0.3) is 0 Å². The Morgan fingerprint density at radius 3 is 2.89 bits per heavy atom. The molecule has 0 fully saturated rings. The Morgan fingerprint density at radius 1 is 1.21 bits per heavy atom. The van der Waals surface area contributed by atoms with Crippen molar-refractivity contribution in [1.29, 1.82) is 0 Å². The number of anilines is 1. The van der Waals surface area contributed by atoms with E-state index in [2.05, 4.69) is 50.4 Å². The summed E-state index contributed by atoms with van der Waals surface area (Å²) in [6, 6.07) is 6.15. The number of rotatable bonds is 1. The van der Waals surface area contributed by atoms with Gasteiger partial charge in [0.1, 0.15) is 11.5 Å². The summed E-state index contributed by atoms with van der Waals surface area (Å²) in [4.78, 5) is 28.7. The predicted molar refractivity (Wildman–Crippen MR) is 110 cm³/mol. The van der Waals surface area contributed by atoms with E-state index < -0.39 is 0 Å². The van der Waals surface area contributed by atoms with E-state index >= 15 is 0 Å². The molecule has 3 aromatic heterocycles. The van der Waals surface area contributed by atoms with E-state index in [4.69, 9.17) is 0 Å². The smallest absolute Gasteiger partial charge is 0.317 e. The van der Waals surface area contributed by atoms with Gasteiger partial charge in [-0.3, -0.25) is 0 Å². The van der Waals surface area contributed by atoms with Crippen LogP contribution in [-0.2, 0) is 6.54 Å². The number of nitrogens with one attached hydrogen (secondary N) is 2. The average Bonchev–Trinajstić information content (AvgIpc) is 3.05. The first-order valence-electron chi connectivity index (χ1n) is 9.49. The maximum absolute atomic E-state index is 11.9. The summed E-state index contributed by atoms with van der Waals surface area (Å²) < 4.78 is 0. The van der Waals surface area contributed by atoms with Crippen LogP contribution in [-0.4, -0.2) is 53.1 Å². The van der Waals surface area contributed by atoms with Gasteiger partial charge in [0.15, 0.2) is 0 Å². The van der Waals surface area contributed by atoms with Crippen LogP contribution in [0.3, 0.4) is 0 Å². The first-order valence-corrected chi connectivity index (χ1v) is 9.49. The molecule has 7 heteroatoms. The number of carbonyl (C=O) groups is 1. The monoisotopic (exact) mass is 374 g/mol. The molecule has 0 radical (unpaired) electrons. The Morgan fingerprint density at radius 2 is 2.11 bits per heavy atom. The highest BCUT2D eigenvalue weighted by Crippen LogP contribution is 2.41. The molecule has 2 N–H and O–H groups in total. The molecule has 0 aromatic carbocycles. The van der Waals surface area contributed by atoms with Crippen molar-refractivity contribution < 1.29 is 4.79 Å². The number of amides is 2. The molecule has 0 atom stereocenters. The van der Waals surface area contributed by atoms with E-state index in [0.717, 1.165) is 35.7 Å². The van der Waals surface area contributed by atoms with Crippen LogP contribution in [0.4, 0.5) is 10.6 Å². The number of H-pyrrole nitrogens is 1. The fourth-order valence-electron chi connectivity index (χ4n) is 4.30. The Hall–Kier alpha value is -3.35. The molecule has 7 nitrogen and oxygen atoms in total. The van der Waals surface area contributed by atoms with Crippen LogP contribution in [0.15, 0.2) is 36.7 Å². The van der Waals surface area contributed by atoms with Crippen molar-refractivity contribution in [2.75, 3.05) is 32.1 Å². The molecule has 2 aliphatic rings. The molecule has 0 spiro atoms. The van der Waals surface area contributed by atoms with E-state index in [1.165, 1.54) is 22.1 Å². The van der Waals surface area contributed by atoms with E-state index in [1.807, 2.05) is 23.4 Å². The second kappa shape index (κ2) is 6.37. The fraction of sp³-hybridized carbons (Fsp3) is 0.286. The van der Waals surface area contributed by atoms with Crippen LogP contribution in [0.1, 0.15) is 17.7 Å². The predicted octanol–water partition coefficient (Wildman–Crippen LogP) is 3.00. The number of hydrogen-bond acceptors (Lipinski definition) is 4. The molecule has 2 aliphatic heterocycles. The summed E-state index contributed by atoms with van der Waals surface area (Å²) in [6.07, 6.45) is 6.66. The average molecular weight is 374 g/mol. The number of fused-ring (bicyclic) bond motifs is 2. The summed E-state index contributed by atoms with van der Waals surface area (Å²) >= 11 is 0. The van der Waals surface area contributed by atoms with Crippen LogP contribution in [0.5, 0.6) is 0 Å². The number of hydrogen-bond donors (Lipinski definition) is 2. The van der Waals surface area contributed by atoms with E-state index in [-0.39, 0.29) is 6.03 Å². The lowest BCUT2D eigenvalue weighted by Gasteiger charge is -2.26. The fourth-order valence-corrected chi connectivity index (χ4v) is 4.30. The van der Waals surface area contributed by atoms with Crippen molar-refractivity contribution in [2.45, 2.75) is 13.0 Å². The molecular formula is C21H22N6O. The van der Waals surface area contributed by atoms with Crippen molar-refractivity contribution in [3.63, 3.8) is 0 Å². The molecular weight excluding hydrogens is 352 g/mol. The summed E-state index contributed by atoms with van der Waals surface area (Å²) in [5.74, 6) is 0.987. The van der Waals surface area contributed by atoms with Gasteiger partial charge in [-0.15, -0.1) is 0 Å². The lowest BCUT2D eigenvalue weighted by atomic mass is 9.98. The van der Waals surface area contributed by atoms with Crippen LogP contribution in [0, 0.1) is 0 Å². The van der Waals surface area contributed by atoms with Gasteiger partial charge in [0, 0.05) is 68.3 Å². The molecule has 2 amide bonds. The van der Waals surface area contributed by atoms with Crippen molar-refractivity contribution in [1.82, 2.24) is 25.2 Å². The molecule has 0 saturated carbocycles. The van der Waals surface area contributed by atoms with Crippen LogP contribution in [0.25, 0.3) is 27.7 Å². The Labute approximate surface area is 163 Å². The summed E-state index contributed by atoms with van der Waals surface area (Å²) in [5, 5.41) is 3.87. The highest BCUT2D eigenvalue weighted by molar-refractivity contribution is 6.02. The van der Waals surface area contributed by atoms with E-state index in [0.29, 0.717) is 13.1 Å². The number of aromatic nitrogens is 3. The minimum Gasteiger partial charge on any atom is -0.355 e.